The Bertz CT molecular complexity index is 425. The highest BCUT2D eigenvalue weighted by Gasteiger charge is 2.21. The largest absolute Gasteiger partial charge is 0.349 e. The maximum absolute atomic E-state index is 6.14. The van der Waals surface area contributed by atoms with Crippen molar-refractivity contribution in [3.8, 4) is 0 Å². The zero-order valence-corrected chi connectivity index (χ0v) is 11.0. The van der Waals surface area contributed by atoms with Gasteiger partial charge in [-0.25, -0.2) is 0 Å². The molecule has 1 N–H and O–H groups in total. The molecule has 0 atom stereocenters. The third kappa shape index (κ3) is 2.40. The fourth-order valence-electron chi connectivity index (χ4n) is 1.54. The Labute approximate surface area is 110 Å². The van der Waals surface area contributed by atoms with Gasteiger partial charge in [0, 0.05) is 5.02 Å². The number of rotatable bonds is 1. The van der Waals surface area contributed by atoms with E-state index in [0.717, 1.165) is 12.4 Å². The number of nitrogens with zero attached hydrogens (tertiary/aromatic N) is 2. The first-order valence-corrected chi connectivity index (χ1v) is 5.93. The minimum Gasteiger partial charge on any atom is -0.349 e. The minimum absolute atomic E-state index is 0.604. The summed E-state index contributed by atoms with van der Waals surface area (Å²) >= 11 is 17.3. The van der Waals surface area contributed by atoms with Crippen LogP contribution in [0, 0.1) is 0 Å². The van der Waals surface area contributed by atoms with Gasteiger partial charge in [0.2, 0.25) is 0 Å². The van der Waals surface area contributed by atoms with Gasteiger partial charge >= 0.3 is 0 Å². The van der Waals surface area contributed by atoms with Gasteiger partial charge in [-0.3, -0.25) is 4.90 Å². The Morgan fingerprint density at radius 3 is 2.81 bits per heavy atom. The van der Waals surface area contributed by atoms with Crippen LogP contribution >= 0.6 is 35.4 Å². The van der Waals surface area contributed by atoms with Gasteiger partial charge in [0.05, 0.1) is 24.0 Å². The van der Waals surface area contributed by atoms with Crippen molar-refractivity contribution in [2.45, 2.75) is 0 Å². The molecule has 0 amide bonds. The Balaban J connectivity index is 2.31. The molecule has 0 spiro atoms. The SMILES string of the molecule is CN1CNC(=S)N(c2ccc(Cl)cc2Cl)C1. The van der Waals surface area contributed by atoms with Crippen molar-refractivity contribution in [1.82, 2.24) is 10.2 Å². The van der Waals surface area contributed by atoms with E-state index in [0.29, 0.717) is 21.8 Å². The van der Waals surface area contributed by atoms with E-state index in [-0.39, 0.29) is 0 Å². The Morgan fingerprint density at radius 2 is 2.12 bits per heavy atom. The monoisotopic (exact) mass is 275 g/mol. The summed E-state index contributed by atoms with van der Waals surface area (Å²) in [6, 6.07) is 5.40. The first kappa shape index (κ1) is 11.9. The molecule has 86 valence electrons. The van der Waals surface area contributed by atoms with E-state index >= 15 is 0 Å². The summed E-state index contributed by atoms with van der Waals surface area (Å²) in [4.78, 5) is 4.04. The standard InChI is InChI=1S/C10H11Cl2N3S/c1-14-5-13-10(16)15(6-14)9-3-2-7(11)4-8(9)12/h2-4H,5-6H2,1H3,(H,13,16). The maximum atomic E-state index is 6.14. The molecule has 1 aliphatic rings. The highest BCUT2D eigenvalue weighted by Crippen LogP contribution is 2.29. The van der Waals surface area contributed by atoms with Gasteiger partial charge in [0.1, 0.15) is 0 Å². The molecule has 6 heteroatoms. The van der Waals surface area contributed by atoms with Crippen LogP contribution in [0.1, 0.15) is 0 Å². The van der Waals surface area contributed by atoms with Gasteiger partial charge in [-0.2, -0.15) is 0 Å². The number of hydrogen-bond donors (Lipinski definition) is 1. The van der Waals surface area contributed by atoms with Crippen molar-refractivity contribution >= 4 is 46.2 Å². The number of nitrogens with one attached hydrogen (secondary N) is 1. The van der Waals surface area contributed by atoms with Crippen molar-refractivity contribution < 1.29 is 0 Å². The fourth-order valence-corrected chi connectivity index (χ4v) is 2.27. The highest BCUT2D eigenvalue weighted by atomic mass is 35.5. The van der Waals surface area contributed by atoms with Gasteiger partial charge < -0.3 is 10.2 Å². The molecule has 1 aliphatic heterocycles. The number of thiocarbonyl (C=S) groups is 1. The minimum atomic E-state index is 0.604. The van der Waals surface area contributed by atoms with Crippen LogP contribution < -0.4 is 10.2 Å². The molecule has 0 radical (unpaired) electrons. The van der Waals surface area contributed by atoms with Crippen LogP contribution in [0.3, 0.4) is 0 Å². The lowest BCUT2D eigenvalue weighted by Gasteiger charge is -2.36. The summed E-state index contributed by atoms with van der Waals surface area (Å²) in [6.45, 7) is 1.47. The normalized spacial score (nSPS) is 17.4. The molecule has 0 saturated carbocycles. The lowest BCUT2D eigenvalue weighted by molar-refractivity contribution is 0.319. The predicted molar refractivity (Wildman–Crippen MR) is 72.2 cm³/mol. The van der Waals surface area contributed by atoms with Crippen LogP contribution in [-0.4, -0.2) is 30.4 Å². The molecule has 2 rings (SSSR count). The van der Waals surface area contributed by atoms with Gasteiger partial charge in [-0.1, -0.05) is 23.2 Å². The molecule has 1 saturated heterocycles. The van der Waals surface area contributed by atoms with Crippen molar-refractivity contribution in [1.29, 1.82) is 0 Å². The van der Waals surface area contributed by atoms with Crippen LogP contribution in [0.5, 0.6) is 0 Å². The molecule has 1 heterocycles. The molecular weight excluding hydrogens is 265 g/mol. The Morgan fingerprint density at radius 1 is 1.38 bits per heavy atom. The van der Waals surface area contributed by atoms with Crippen molar-refractivity contribution in [2.24, 2.45) is 0 Å². The van der Waals surface area contributed by atoms with Crippen molar-refractivity contribution in [3.63, 3.8) is 0 Å². The fraction of sp³-hybridized carbons (Fsp3) is 0.300. The van der Waals surface area contributed by atoms with E-state index < -0.39 is 0 Å². The maximum Gasteiger partial charge on any atom is 0.175 e. The topological polar surface area (TPSA) is 18.5 Å². The molecule has 0 unspecified atom stereocenters. The second-order valence-electron chi connectivity index (χ2n) is 3.66. The summed E-state index contributed by atoms with van der Waals surface area (Å²) < 4.78 is 0. The molecule has 0 aliphatic carbocycles. The first-order chi connectivity index (χ1) is 7.58. The van der Waals surface area contributed by atoms with E-state index in [1.807, 2.05) is 18.0 Å². The van der Waals surface area contributed by atoms with Crippen LogP contribution in [-0.2, 0) is 0 Å². The van der Waals surface area contributed by atoms with Crippen LogP contribution in [0.25, 0.3) is 0 Å². The van der Waals surface area contributed by atoms with Crippen LogP contribution in [0.15, 0.2) is 18.2 Å². The smallest absolute Gasteiger partial charge is 0.175 e. The molecule has 16 heavy (non-hydrogen) atoms. The van der Waals surface area contributed by atoms with Gasteiger partial charge in [-0.05, 0) is 37.5 Å². The third-order valence-corrected chi connectivity index (χ3v) is 3.23. The van der Waals surface area contributed by atoms with Crippen molar-refractivity contribution in [2.75, 3.05) is 25.3 Å². The molecular formula is C10H11Cl2N3S. The van der Waals surface area contributed by atoms with E-state index in [1.165, 1.54) is 0 Å². The number of benzene rings is 1. The molecule has 0 aromatic heterocycles. The van der Waals surface area contributed by atoms with Gasteiger partial charge in [-0.15, -0.1) is 0 Å². The van der Waals surface area contributed by atoms with E-state index in [2.05, 4.69) is 10.2 Å². The number of halogens is 2. The summed E-state index contributed by atoms with van der Waals surface area (Å²) in [7, 11) is 2.01. The molecule has 0 bridgehead atoms. The molecule has 1 aromatic carbocycles. The van der Waals surface area contributed by atoms with E-state index in [1.54, 1.807) is 12.1 Å². The van der Waals surface area contributed by atoms with Crippen molar-refractivity contribution in [3.05, 3.63) is 28.2 Å². The van der Waals surface area contributed by atoms with Crippen LogP contribution in [0.4, 0.5) is 5.69 Å². The Hall–Kier alpha value is -0.550. The third-order valence-electron chi connectivity index (χ3n) is 2.33. The zero-order valence-electron chi connectivity index (χ0n) is 8.70. The molecule has 1 aromatic rings. The summed E-state index contributed by atoms with van der Waals surface area (Å²) in [6.07, 6.45) is 0. The summed E-state index contributed by atoms with van der Waals surface area (Å²) in [5, 5.41) is 5.02. The van der Waals surface area contributed by atoms with Gasteiger partial charge in [0.25, 0.3) is 0 Å². The average molecular weight is 276 g/mol. The first-order valence-electron chi connectivity index (χ1n) is 4.77. The summed E-state index contributed by atoms with van der Waals surface area (Å²) in [5.74, 6) is 0. The molecule has 1 fully saturated rings. The van der Waals surface area contributed by atoms with Gasteiger partial charge in [0.15, 0.2) is 5.11 Å². The predicted octanol–water partition coefficient (Wildman–Crippen LogP) is 2.53. The van der Waals surface area contributed by atoms with Crippen LogP contribution in [0.2, 0.25) is 10.0 Å². The lowest BCUT2D eigenvalue weighted by Crippen LogP contribution is -2.55. The Kier molecular flexibility index (Phi) is 3.54. The summed E-state index contributed by atoms with van der Waals surface area (Å²) in [5.41, 5.74) is 0.870. The van der Waals surface area contributed by atoms with E-state index in [4.69, 9.17) is 35.4 Å². The number of anilines is 1. The lowest BCUT2D eigenvalue weighted by atomic mass is 10.3. The zero-order chi connectivity index (χ0) is 11.7. The highest BCUT2D eigenvalue weighted by molar-refractivity contribution is 7.80. The quantitative estimate of drug-likeness (QED) is 0.794. The van der Waals surface area contributed by atoms with E-state index in [9.17, 15) is 0 Å². The number of hydrogen-bond acceptors (Lipinski definition) is 2. The second kappa shape index (κ2) is 4.75. The molecule has 3 nitrogen and oxygen atoms in total. The second-order valence-corrected chi connectivity index (χ2v) is 4.89. The average Bonchev–Trinajstić information content (AvgIpc) is 2.22.